The summed E-state index contributed by atoms with van der Waals surface area (Å²) in [6.07, 6.45) is 5.11. The number of carbonyl (C=O) groups is 1. The number of aromatic nitrogens is 1. The number of carbonyl (C=O) groups excluding carboxylic acids is 1. The fourth-order valence-electron chi connectivity index (χ4n) is 4.64. The summed E-state index contributed by atoms with van der Waals surface area (Å²) in [5.74, 6) is 0.360. The zero-order valence-corrected chi connectivity index (χ0v) is 22.4. The van der Waals surface area contributed by atoms with Crippen LogP contribution in [0.5, 0.6) is 5.75 Å². The van der Waals surface area contributed by atoms with Crippen molar-refractivity contribution in [2.24, 2.45) is 0 Å². The molecular formula is C26H29N5O4S2. The summed E-state index contributed by atoms with van der Waals surface area (Å²) < 4.78 is 32.8. The number of piperazine rings is 1. The molecule has 1 aromatic heterocycles. The molecule has 9 nitrogen and oxygen atoms in total. The zero-order valence-electron chi connectivity index (χ0n) is 20.8. The molecule has 2 aliphatic heterocycles. The predicted octanol–water partition coefficient (Wildman–Crippen LogP) is 3.79. The van der Waals surface area contributed by atoms with Crippen molar-refractivity contribution in [2.75, 3.05) is 55.0 Å². The van der Waals surface area contributed by atoms with E-state index in [4.69, 9.17) is 4.74 Å². The second-order valence-corrected chi connectivity index (χ2v) is 11.6. The second-order valence-electron chi connectivity index (χ2n) is 8.93. The van der Waals surface area contributed by atoms with Crippen molar-refractivity contribution >= 4 is 49.8 Å². The van der Waals surface area contributed by atoms with Crippen molar-refractivity contribution in [3.63, 3.8) is 0 Å². The van der Waals surface area contributed by atoms with Crippen LogP contribution in [0.25, 0.3) is 6.08 Å². The third-order valence-corrected chi connectivity index (χ3v) is 9.37. The molecule has 3 heterocycles. The number of nitrogens with zero attached hydrogens (tertiary/aromatic N) is 4. The van der Waals surface area contributed by atoms with Gasteiger partial charge in [-0.2, -0.15) is 0 Å². The lowest BCUT2D eigenvalue weighted by atomic mass is 10.1. The standard InChI is InChI=1S/C26H29N5O4S2/c1-19-17-23(35-2)18-20-7-10-31(37(33,34)25(19)20)11-8-24(32)28-21-3-5-22(6-4-21)29-12-14-30(15-13-29)26-27-9-16-36-26/h3-7,9-10,16-18H,8,11-15H2,1-2H3,(H,28,32). The highest BCUT2D eigenvalue weighted by molar-refractivity contribution is 7.89. The number of fused-ring (bicyclic) bond motifs is 1. The average Bonchev–Trinajstić information content (AvgIpc) is 3.43. The summed E-state index contributed by atoms with van der Waals surface area (Å²) in [5.41, 5.74) is 2.98. The van der Waals surface area contributed by atoms with Gasteiger partial charge in [0.05, 0.1) is 12.0 Å². The number of aryl methyl sites for hydroxylation is 1. The maximum Gasteiger partial charge on any atom is 0.264 e. The van der Waals surface area contributed by atoms with Gasteiger partial charge in [-0.3, -0.25) is 9.10 Å². The van der Waals surface area contributed by atoms with Gasteiger partial charge in [0.2, 0.25) is 5.91 Å². The van der Waals surface area contributed by atoms with E-state index in [-0.39, 0.29) is 23.8 Å². The Labute approximate surface area is 221 Å². The molecule has 2 aromatic carbocycles. The van der Waals surface area contributed by atoms with Crippen molar-refractivity contribution in [1.82, 2.24) is 9.29 Å². The van der Waals surface area contributed by atoms with Gasteiger partial charge in [-0.05, 0) is 55.0 Å². The van der Waals surface area contributed by atoms with Crippen molar-refractivity contribution in [1.29, 1.82) is 0 Å². The molecule has 0 spiro atoms. The molecule has 0 saturated carbocycles. The number of anilines is 3. The molecule has 0 radical (unpaired) electrons. The molecular weight excluding hydrogens is 510 g/mol. The molecule has 1 amide bonds. The van der Waals surface area contributed by atoms with E-state index < -0.39 is 10.0 Å². The number of methoxy groups -OCH3 is 1. The number of hydrogen-bond donors (Lipinski definition) is 1. The lowest BCUT2D eigenvalue weighted by Gasteiger charge is -2.36. The van der Waals surface area contributed by atoms with Gasteiger partial charge in [-0.1, -0.05) is 0 Å². The number of ether oxygens (including phenoxy) is 1. The monoisotopic (exact) mass is 539 g/mol. The Morgan fingerprint density at radius 3 is 2.51 bits per heavy atom. The van der Waals surface area contributed by atoms with Crippen LogP contribution in [0.2, 0.25) is 0 Å². The summed E-state index contributed by atoms with van der Waals surface area (Å²) in [6.45, 7) is 5.43. The Balaban J connectivity index is 1.15. The maximum absolute atomic E-state index is 13.2. The first-order valence-corrected chi connectivity index (χ1v) is 14.3. The topological polar surface area (TPSA) is 95.1 Å². The molecule has 0 aliphatic carbocycles. The molecule has 2 aliphatic rings. The Hall–Kier alpha value is -3.57. The summed E-state index contributed by atoms with van der Waals surface area (Å²) in [7, 11) is -2.20. The van der Waals surface area contributed by atoms with E-state index in [9.17, 15) is 13.2 Å². The van der Waals surface area contributed by atoms with E-state index in [0.717, 1.165) is 37.0 Å². The molecule has 1 N–H and O–H groups in total. The van der Waals surface area contributed by atoms with Crippen LogP contribution in [0.3, 0.4) is 0 Å². The minimum atomic E-state index is -3.74. The molecule has 1 fully saturated rings. The SMILES string of the molecule is COc1cc(C)c2c(c1)C=CN(CCC(=O)Nc1ccc(N3CCN(c4nccs4)CC3)cc1)S2(=O)=O. The summed E-state index contributed by atoms with van der Waals surface area (Å²) in [5, 5.41) is 5.93. The van der Waals surface area contributed by atoms with Gasteiger partial charge >= 0.3 is 0 Å². The number of amides is 1. The van der Waals surface area contributed by atoms with Crippen molar-refractivity contribution in [2.45, 2.75) is 18.2 Å². The van der Waals surface area contributed by atoms with Gasteiger partial charge < -0.3 is 19.9 Å². The molecule has 0 atom stereocenters. The first-order chi connectivity index (χ1) is 17.8. The van der Waals surface area contributed by atoms with Crippen LogP contribution in [0.4, 0.5) is 16.5 Å². The third kappa shape index (κ3) is 5.28. The molecule has 1 saturated heterocycles. The number of rotatable bonds is 7. The number of thiazole rings is 1. The average molecular weight is 540 g/mol. The van der Waals surface area contributed by atoms with Gasteiger partial charge in [-0.15, -0.1) is 11.3 Å². The lowest BCUT2D eigenvalue weighted by molar-refractivity contribution is -0.116. The number of hydrogen-bond acceptors (Lipinski definition) is 8. The van der Waals surface area contributed by atoms with Crippen LogP contribution in [-0.2, 0) is 14.8 Å². The van der Waals surface area contributed by atoms with Gasteiger partial charge in [0, 0.05) is 73.9 Å². The van der Waals surface area contributed by atoms with E-state index in [2.05, 4.69) is 20.1 Å². The summed E-state index contributed by atoms with van der Waals surface area (Å²) in [4.78, 5) is 21.9. The smallest absolute Gasteiger partial charge is 0.264 e. The van der Waals surface area contributed by atoms with E-state index in [1.165, 1.54) is 10.5 Å². The van der Waals surface area contributed by atoms with Crippen LogP contribution in [0.1, 0.15) is 17.5 Å². The van der Waals surface area contributed by atoms with E-state index in [1.807, 2.05) is 35.8 Å². The van der Waals surface area contributed by atoms with E-state index in [0.29, 0.717) is 22.6 Å². The highest BCUT2D eigenvalue weighted by Gasteiger charge is 2.30. The van der Waals surface area contributed by atoms with Crippen LogP contribution < -0.4 is 19.9 Å². The minimum absolute atomic E-state index is 0.0363. The van der Waals surface area contributed by atoms with Crippen LogP contribution in [0, 0.1) is 6.92 Å². The predicted molar refractivity (Wildman–Crippen MR) is 147 cm³/mol. The van der Waals surface area contributed by atoms with E-state index >= 15 is 0 Å². The van der Waals surface area contributed by atoms with E-state index in [1.54, 1.807) is 43.6 Å². The molecule has 0 unspecified atom stereocenters. The molecule has 3 aromatic rings. The zero-order chi connectivity index (χ0) is 26.0. The van der Waals surface area contributed by atoms with Gasteiger partial charge in [0.15, 0.2) is 5.13 Å². The van der Waals surface area contributed by atoms with Gasteiger partial charge in [0.1, 0.15) is 5.75 Å². The fourth-order valence-corrected chi connectivity index (χ4v) is 7.01. The van der Waals surface area contributed by atoms with Crippen LogP contribution >= 0.6 is 11.3 Å². The quantitative estimate of drug-likeness (QED) is 0.488. The molecule has 5 rings (SSSR count). The Morgan fingerprint density at radius 2 is 1.84 bits per heavy atom. The van der Waals surface area contributed by atoms with Gasteiger partial charge in [0.25, 0.3) is 10.0 Å². The maximum atomic E-state index is 13.2. The Morgan fingerprint density at radius 1 is 1.11 bits per heavy atom. The van der Waals surface area contributed by atoms with Crippen LogP contribution in [-0.4, -0.2) is 63.4 Å². The van der Waals surface area contributed by atoms with Gasteiger partial charge in [-0.25, -0.2) is 13.4 Å². The summed E-state index contributed by atoms with van der Waals surface area (Å²) in [6, 6.07) is 11.2. The largest absolute Gasteiger partial charge is 0.497 e. The molecule has 11 heteroatoms. The highest BCUT2D eigenvalue weighted by atomic mass is 32.2. The fraction of sp³-hybridized carbons (Fsp3) is 0.308. The first kappa shape index (κ1) is 25.1. The third-order valence-electron chi connectivity index (χ3n) is 6.54. The Bertz CT molecular complexity index is 1400. The highest BCUT2D eigenvalue weighted by Crippen LogP contribution is 2.33. The number of benzene rings is 2. The van der Waals surface area contributed by atoms with Crippen molar-refractivity contribution in [3.05, 3.63) is 65.3 Å². The van der Waals surface area contributed by atoms with Crippen molar-refractivity contribution < 1.29 is 17.9 Å². The number of nitrogens with one attached hydrogen (secondary N) is 1. The molecule has 37 heavy (non-hydrogen) atoms. The lowest BCUT2D eigenvalue weighted by Crippen LogP contribution is -2.46. The number of sulfonamides is 1. The molecule has 194 valence electrons. The van der Waals surface area contributed by atoms with Crippen LogP contribution in [0.15, 0.2) is 59.1 Å². The Kier molecular flexibility index (Phi) is 7.07. The van der Waals surface area contributed by atoms with Crippen molar-refractivity contribution in [3.8, 4) is 5.75 Å². The summed E-state index contributed by atoms with van der Waals surface area (Å²) >= 11 is 1.66. The molecule has 0 bridgehead atoms. The second kappa shape index (κ2) is 10.4. The first-order valence-electron chi connectivity index (χ1n) is 12.0. The normalized spacial score (nSPS) is 16.4. The minimum Gasteiger partial charge on any atom is -0.497 e.